The number of hydrogen-bond acceptors (Lipinski definition) is 4. The van der Waals surface area contributed by atoms with Gasteiger partial charge in [-0.2, -0.15) is 0 Å². The fourth-order valence-corrected chi connectivity index (χ4v) is 4.03. The number of nitrogens with one attached hydrogen (secondary N) is 2. The highest BCUT2D eigenvalue weighted by Crippen LogP contribution is 2.28. The molecule has 1 saturated heterocycles. The van der Waals surface area contributed by atoms with E-state index < -0.39 is 0 Å². The van der Waals surface area contributed by atoms with Gasteiger partial charge >= 0.3 is 0 Å². The minimum absolute atomic E-state index is 0.0495. The van der Waals surface area contributed by atoms with Crippen LogP contribution in [0.4, 0.5) is 0 Å². The Bertz CT molecular complexity index is 766. The quantitative estimate of drug-likeness (QED) is 0.787. The van der Waals surface area contributed by atoms with Crippen LogP contribution in [0.5, 0.6) is 0 Å². The molecule has 1 aliphatic heterocycles. The Labute approximate surface area is 158 Å². The van der Waals surface area contributed by atoms with E-state index in [-0.39, 0.29) is 11.8 Å². The van der Waals surface area contributed by atoms with E-state index in [0.29, 0.717) is 23.5 Å². The predicted molar refractivity (Wildman–Crippen MR) is 106 cm³/mol. The molecular weight excluding hydrogens is 346 g/mol. The maximum Gasteiger partial charge on any atom is 0.261 e. The van der Waals surface area contributed by atoms with E-state index in [1.165, 1.54) is 24.2 Å². The molecule has 2 heterocycles. The molecule has 1 fully saturated rings. The van der Waals surface area contributed by atoms with Crippen molar-refractivity contribution in [1.82, 2.24) is 15.5 Å². The van der Waals surface area contributed by atoms with E-state index in [4.69, 9.17) is 0 Å². The molecule has 2 aromatic rings. The fraction of sp³-hybridized carbons (Fsp3) is 0.400. The maximum atomic E-state index is 12.4. The van der Waals surface area contributed by atoms with Gasteiger partial charge < -0.3 is 15.5 Å². The summed E-state index contributed by atoms with van der Waals surface area (Å²) in [6.45, 7) is 6.36. The minimum Gasteiger partial charge on any atom is -0.352 e. The van der Waals surface area contributed by atoms with Crippen molar-refractivity contribution in [3.05, 3.63) is 46.8 Å². The monoisotopic (exact) mass is 371 g/mol. The van der Waals surface area contributed by atoms with Crippen LogP contribution in [0, 0.1) is 0 Å². The van der Waals surface area contributed by atoms with E-state index >= 15 is 0 Å². The van der Waals surface area contributed by atoms with Gasteiger partial charge in [0.15, 0.2) is 0 Å². The molecule has 0 radical (unpaired) electrons. The van der Waals surface area contributed by atoms with Crippen molar-refractivity contribution >= 4 is 23.2 Å². The molecule has 6 heteroatoms. The Morgan fingerprint density at radius 2 is 1.88 bits per heavy atom. The Morgan fingerprint density at radius 1 is 1.08 bits per heavy atom. The van der Waals surface area contributed by atoms with Crippen molar-refractivity contribution in [1.29, 1.82) is 0 Å². The normalized spacial score (nSPS) is 14.3. The largest absolute Gasteiger partial charge is 0.352 e. The van der Waals surface area contributed by atoms with Crippen LogP contribution in [0.15, 0.2) is 36.4 Å². The van der Waals surface area contributed by atoms with E-state index in [2.05, 4.69) is 15.5 Å². The van der Waals surface area contributed by atoms with Crippen LogP contribution in [0.1, 0.15) is 39.8 Å². The number of benzene rings is 1. The second-order valence-corrected chi connectivity index (χ2v) is 7.49. The van der Waals surface area contributed by atoms with E-state index in [1.807, 2.05) is 43.3 Å². The third-order valence-electron chi connectivity index (χ3n) is 4.49. The van der Waals surface area contributed by atoms with Crippen molar-refractivity contribution < 1.29 is 9.59 Å². The summed E-state index contributed by atoms with van der Waals surface area (Å²) >= 11 is 1.44. The Hall–Kier alpha value is -2.18. The highest BCUT2D eigenvalue weighted by Gasteiger charge is 2.13. The number of amides is 2. The maximum absolute atomic E-state index is 12.4. The zero-order valence-corrected chi connectivity index (χ0v) is 15.9. The van der Waals surface area contributed by atoms with Crippen molar-refractivity contribution in [2.75, 3.05) is 32.7 Å². The van der Waals surface area contributed by atoms with Crippen LogP contribution >= 0.6 is 11.3 Å². The molecule has 3 rings (SSSR count). The summed E-state index contributed by atoms with van der Waals surface area (Å²) in [6.07, 6.45) is 2.52. The highest BCUT2D eigenvalue weighted by molar-refractivity contribution is 7.17. The number of thiophene rings is 1. The average molecular weight is 372 g/mol. The first-order valence-corrected chi connectivity index (χ1v) is 9.98. The molecule has 138 valence electrons. The van der Waals surface area contributed by atoms with Gasteiger partial charge in [0.25, 0.3) is 11.8 Å². The number of carbonyl (C=O) groups is 2. The van der Waals surface area contributed by atoms with Gasteiger partial charge in [-0.1, -0.05) is 12.1 Å². The van der Waals surface area contributed by atoms with E-state index in [1.54, 1.807) is 0 Å². The molecular formula is C20H25N3O2S. The molecule has 0 atom stereocenters. The van der Waals surface area contributed by atoms with Gasteiger partial charge in [-0.05, 0) is 62.7 Å². The number of carbonyl (C=O) groups excluding carboxylic acids is 2. The third-order valence-corrected chi connectivity index (χ3v) is 5.62. The summed E-state index contributed by atoms with van der Waals surface area (Å²) in [7, 11) is 0. The molecule has 1 aromatic carbocycles. The zero-order valence-electron chi connectivity index (χ0n) is 15.1. The first-order valence-electron chi connectivity index (χ1n) is 9.16. The molecule has 0 bridgehead atoms. The Morgan fingerprint density at radius 3 is 2.65 bits per heavy atom. The molecule has 0 saturated carbocycles. The molecule has 0 aliphatic carbocycles. The SMILES string of the molecule is CCNC(=O)c1ccc(-c2cccc(C(=O)NCCN3CCCC3)c2)s1. The Kier molecular flexibility index (Phi) is 6.41. The van der Waals surface area contributed by atoms with Crippen LogP contribution < -0.4 is 10.6 Å². The highest BCUT2D eigenvalue weighted by atomic mass is 32.1. The summed E-state index contributed by atoms with van der Waals surface area (Å²) in [5.74, 6) is -0.105. The number of nitrogens with zero attached hydrogens (tertiary/aromatic N) is 1. The summed E-state index contributed by atoms with van der Waals surface area (Å²) in [6, 6.07) is 11.3. The lowest BCUT2D eigenvalue weighted by atomic mass is 10.1. The molecule has 1 aromatic heterocycles. The lowest BCUT2D eigenvalue weighted by Crippen LogP contribution is -2.33. The summed E-state index contributed by atoms with van der Waals surface area (Å²) < 4.78 is 0. The lowest BCUT2D eigenvalue weighted by molar-refractivity contribution is 0.0945. The number of rotatable bonds is 7. The molecule has 2 amide bonds. The summed E-state index contributed by atoms with van der Waals surface area (Å²) in [5.41, 5.74) is 1.61. The van der Waals surface area contributed by atoms with Crippen molar-refractivity contribution in [2.45, 2.75) is 19.8 Å². The second-order valence-electron chi connectivity index (χ2n) is 6.41. The van der Waals surface area contributed by atoms with E-state index in [9.17, 15) is 9.59 Å². The first-order chi connectivity index (χ1) is 12.7. The van der Waals surface area contributed by atoms with Crippen molar-refractivity contribution in [2.24, 2.45) is 0 Å². The zero-order chi connectivity index (χ0) is 18.4. The smallest absolute Gasteiger partial charge is 0.261 e. The van der Waals surface area contributed by atoms with Crippen LogP contribution in [-0.2, 0) is 0 Å². The standard InChI is InChI=1S/C20H25N3O2S/c1-2-21-20(25)18-9-8-17(26-18)15-6-5-7-16(14-15)19(24)22-10-13-23-11-3-4-12-23/h5-9,14H,2-4,10-13H2,1H3,(H,21,25)(H,22,24). The molecule has 0 unspecified atom stereocenters. The minimum atomic E-state index is -0.0560. The second kappa shape index (κ2) is 8.96. The van der Waals surface area contributed by atoms with Gasteiger partial charge in [0.2, 0.25) is 0 Å². The molecule has 5 nitrogen and oxygen atoms in total. The third kappa shape index (κ3) is 4.71. The van der Waals surface area contributed by atoms with Crippen molar-refractivity contribution in [3.63, 3.8) is 0 Å². The van der Waals surface area contributed by atoms with Crippen LogP contribution in [-0.4, -0.2) is 49.4 Å². The van der Waals surface area contributed by atoms with Gasteiger partial charge in [-0.3, -0.25) is 9.59 Å². The number of likely N-dealkylation sites (tertiary alicyclic amines) is 1. The lowest BCUT2D eigenvalue weighted by Gasteiger charge is -2.14. The van der Waals surface area contributed by atoms with E-state index in [0.717, 1.165) is 30.1 Å². The fourth-order valence-electron chi connectivity index (χ4n) is 3.11. The molecule has 0 spiro atoms. The van der Waals surface area contributed by atoms with Gasteiger partial charge in [0.05, 0.1) is 4.88 Å². The molecule has 1 aliphatic rings. The average Bonchev–Trinajstić information content (AvgIpc) is 3.34. The van der Waals surface area contributed by atoms with Gasteiger partial charge in [0, 0.05) is 30.1 Å². The number of hydrogen-bond donors (Lipinski definition) is 2. The van der Waals surface area contributed by atoms with Gasteiger partial charge in [-0.15, -0.1) is 11.3 Å². The van der Waals surface area contributed by atoms with Gasteiger partial charge in [-0.25, -0.2) is 0 Å². The van der Waals surface area contributed by atoms with Crippen LogP contribution in [0.3, 0.4) is 0 Å². The Balaban J connectivity index is 1.62. The summed E-state index contributed by atoms with van der Waals surface area (Å²) in [5, 5.41) is 5.81. The van der Waals surface area contributed by atoms with Crippen molar-refractivity contribution in [3.8, 4) is 10.4 Å². The molecule has 26 heavy (non-hydrogen) atoms. The van der Waals surface area contributed by atoms with Crippen LogP contribution in [0.2, 0.25) is 0 Å². The predicted octanol–water partition coefficient (Wildman–Crippen LogP) is 2.99. The summed E-state index contributed by atoms with van der Waals surface area (Å²) in [4.78, 5) is 28.4. The topological polar surface area (TPSA) is 61.4 Å². The first kappa shape index (κ1) is 18.6. The van der Waals surface area contributed by atoms with Crippen LogP contribution in [0.25, 0.3) is 10.4 Å². The van der Waals surface area contributed by atoms with Gasteiger partial charge in [0.1, 0.15) is 0 Å². The molecule has 2 N–H and O–H groups in total.